The van der Waals surface area contributed by atoms with E-state index in [9.17, 15) is 9.59 Å². The van der Waals surface area contributed by atoms with Crippen molar-refractivity contribution in [1.82, 2.24) is 14.9 Å². The molecule has 1 aliphatic rings. The van der Waals surface area contributed by atoms with Crippen LogP contribution in [0.4, 0.5) is 17.5 Å². The minimum atomic E-state index is -0.293. The van der Waals surface area contributed by atoms with Crippen LogP contribution in [0.3, 0.4) is 0 Å². The second kappa shape index (κ2) is 8.96. The predicted octanol–water partition coefficient (Wildman–Crippen LogP) is 0.881. The van der Waals surface area contributed by atoms with Gasteiger partial charge in [-0.3, -0.25) is 9.59 Å². The fraction of sp³-hybridized carbons (Fsp3) is 0.263. The van der Waals surface area contributed by atoms with Crippen LogP contribution in [0.1, 0.15) is 16.8 Å². The Bertz CT molecular complexity index is 937. The number of hydrogen-bond acceptors (Lipinski definition) is 6. The summed E-state index contributed by atoms with van der Waals surface area (Å²) in [7, 11) is 3.57. The molecule has 1 atom stereocenters. The Balaban J connectivity index is 1.62. The molecule has 1 aromatic heterocycles. The van der Waals surface area contributed by atoms with E-state index in [0.29, 0.717) is 46.7 Å². The van der Waals surface area contributed by atoms with Crippen molar-refractivity contribution in [2.45, 2.75) is 12.5 Å². The fourth-order valence-corrected chi connectivity index (χ4v) is 3.29. The van der Waals surface area contributed by atoms with Crippen LogP contribution in [-0.4, -0.2) is 60.7 Å². The Morgan fingerprint density at radius 1 is 1.31 bits per heavy atom. The predicted molar refractivity (Wildman–Crippen MR) is 118 cm³/mol. The van der Waals surface area contributed by atoms with Crippen molar-refractivity contribution in [3.05, 3.63) is 47.5 Å². The molecule has 1 fully saturated rings. The molecule has 0 unspecified atom stereocenters. The van der Waals surface area contributed by atoms with Crippen molar-refractivity contribution in [2.75, 3.05) is 36.1 Å². The summed E-state index contributed by atoms with van der Waals surface area (Å²) in [4.78, 5) is 34.6. The van der Waals surface area contributed by atoms with Crippen LogP contribution in [0.5, 0.6) is 0 Å². The van der Waals surface area contributed by atoms with Gasteiger partial charge in [-0.2, -0.15) is 4.98 Å². The van der Waals surface area contributed by atoms with Gasteiger partial charge in [-0.05, 0) is 36.8 Å². The molecular formula is C19H22BClN6O2. The van der Waals surface area contributed by atoms with E-state index in [1.165, 1.54) is 6.08 Å². The zero-order valence-electron chi connectivity index (χ0n) is 16.3. The quantitative estimate of drug-likeness (QED) is 0.481. The van der Waals surface area contributed by atoms with E-state index < -0.39 is 0 Å². The maximum atomic E-state index is 12.8. The minimum absolute atomic E-state index is 0.0513. The molecule has 0 saturated carbocycles. The van der Waals surface area contributed by atoms with Crippen molar-refractivity contribution < 1.29 is 9.59 Å². The Hall–Kier alpha value is -3.07. The van der Waals surface area contributed by atoms with Crippen molar-refractivity contribution in [2.24, 2.45) is 0 Å². The maximum Gasteiger partial charge on any atom is 0.253 e. The van der Waals surface area contributed by atoms with Crippen molar-refractivity contribution in [3.63, 3.8) is 0 Å². The second-order valence-electron chi connectivity index (χ2n) is 6.70. The number of anilines is 3. The highest BCUT2D eigenvalue weighted by molar-refractivity contribution is 6.45. The Kier molecular flexibility index (Phi) is 6.38. The summed E-state index contributed by atoms with van der Waals surface area (Å²) in [5.74, 6) is 0.702. The van der Waals surface area contributed by atoms with Gasteiger partial charge in [0.1, 0.15) is 5.82 Å². The smallest absolute Gasteiger partial charge is 0.253 e. The van der Waals surface area contributed by atoms with Gasteiger partial charge in [0, 0.05) is 43.0 Å². The molecule has 2 aromatic rings. The number of amides is 2. The summed E-state index contributed by atoms with van der Waals surface area (Å²) < 4.78 is 0. The fourth-order valence-electron chi connectivity index (χ4n) is 3.11. The average molecular weight is 413 g/mol. The monoisotopic (exact) mass is 412 g/mol. The highest BCUT2D eigenvalue weighted by atomic mass is 35.5. The van der Waals surface area contributed by atoms with E-state index in [2.05, 4.69) is 32.5 Å². The molecule has 29 heavy (non-hydrogen) atoms. The van der Waals surface area contributed by atoms with Gasteiger partial charge in [-0.15, -0.1) is 0 Å². The lowest BCUT2D eigenvalue weighted by Crippen LogP contribution is -2.32. The number of rotatable bonds is 6. The van der Waals surface area contributed by atoms with E-state index in [-0.39, 0.29) is 17.9 Å². The van der Waals surface area contributed by atoms with Crippen molar-refractivity contribution in [3.8, 4) is 0 Å². The maximum absolute atomic E-state index is 12.8. The molecule has 1 saturated heterocycles. The first-order valence-electron chi connectivity index (χ1n) is 9.22. The van der Waals surface area contributed by atoms with E-state index >= 15 is 0 Å². The second-order valence-corrected chi connectivity index (χ2v) is 7.08. The molecule has 0 aliphatic carbocycles. The summed E-state index contributed by atoms with van der Waals surface area (Å²) in [6.45, 7) is 4.60. The van der Waals surface area contributed by atoms with Gasteiger partial charge in [0.15, 0.2) is 7.85 Å². The zero-order valence-corrected chi connectivity index (χ0v) is 17.1. The van der Waals surface area contributed by atoms with Gasteiger partial charge >= 0.3 is 0 Å². The third kappa shape index (κ3) is 4.86. The lowest BCUT2D eigenvalue weighted by Gasteiger charge is -2.18. The summed E-state index contributed by atoms with van der Waals surface area (Å²) in [6, 6.07) is 6.85. The van der Waals surface area contributed by atoms with Crippen LogP contribution in [0.15, 0.2) is 36.9 Å². The van der Waals surface area contributed by atoms with Gasteiger partial charge in [-0.1, -0.05) is 18.2 Å². The third-order valence-corrected chi connectivity index (χ3v) is 5.10. The number of nitrogens with zero attached hydrogens (tertiary/aromatic N) is 3. The number of nitrogens with one attached hydrogen (secondary N) is 3. The molecule has 0 bridgehead atoms. The number of hydrogen-bond donors (Lipinski definition) is 3. The number of likely N-dealkylation sites (tertiary alicyclic amines) is 1. The van der Waals surface area contributed by atoms with Gasteiger partial charge in [0.05, 0.1) is 5.02 Å². The molecule has 3 rings (SSSR count). The SMILES string of the molecule is Bc1nc(N[C@@H]2CCN(C(=O)c3ccc(NC(=O)C=C)cc3)C2)nc(NC)c1Cl. The molecule has 2 amide bonds. The van der Waals surface area contributed by atoms with E-state index in [0.717, 1.165) is 6.42 Å². The van der Waals surface area contributed by atoms with Crippen molar-refractivity contribution in [1.29, 1.82) is 0 Å². The lowest BCUT2D eigenvalue weighted by atomic mass is 10.0. The highest BCUT2D eigenvalue weighted by Gasteiger charge is 2.27. The highest BCUT2D eigenvalue weighted by Crippen LogP contribution is 2.20. The first-order valence-corrected chi connectivity index (χ1v) is 9.60. The molecule has 0 spiro atoms. The van der Waals surface area contributed by atoms with Crippen LogP contribution in [-0.2, 0) is 4.79 Å². The Morgan fingerprint density at radius 3 is 2.69 bits per heavy atom. The summed E-state index contributed by atoms with van der Waals surface area (Å²) in [5, 5.41) is 9.39. The number of aromatic nitrogens is 2. The molecule has 150 valence electrons. The number of carbonyl (C=O) groups excluding carboxylic acids is 2. The molecule has 3 N–H and O–H groups in total. The van der Waals surface area contributed by atoms with Crippen molar-refractivity contribution >= 4 is 54.3 Å². The Labute approximate surface area is 175 Å². The minimum Gasteiger partial charge on any atom is -0.372 e. The molecular weight excluding hydrogens is 391 g/mol. The van der Waals surface area contributed by atoms with Crippen LogP contribution in [0.2, 0.25) is 5.02 Å². The van der Waals surface area contributed by atoms with Crippen LogP contribution < -0.4 is 21.5 Å². The van der Waals surface area contributed by atoms with Gasteiger partial charge in [0.2, 0.25) is 11.9 Å². The lowest BCUT2D eigenvalue weighted by molar-refractivity contribution is -0.111. The van der Waals surface area contributed by atoms with Gasteiger partial charge in [0.25, 0.3) is 5.91 Å². The summed E-state index contributed by atoms with van der Waals surface area (Å²) in [5.41, 5.74) is 1.87. The summed E-state index contributed by atoms with van der Waals surface area (Å²) in [6.07, 6.45) is 1.99. The normalized spacial score (nSPS) is 15.7. The van der Waals surface area contributed by atoms with Crippen LogP contribution in [0, 0.1) is 0 Å². The first-order chi connectivity index (χ1) is 13.9. The molecule has 10 heteroatoms. The number of halogens is 1. The van der Waals surface area contributed by atoms with E-state index in [1.54, 1.807) is 36.2 Å². The molecule has 0 radical (unpaired) electrons. The molecule has 2 heterocycles. The zero-order chi connectivity index (χ0) is 21.0. The number of carbonyl (C=O) groups is 2. The number of benzene rings is 1. The molecule has 8 nitrogen and oxygen atoms in total. The van der Waals surface area contributed by atoms with Crippen LogP contribution in [0.25, 0.3) is 0 Å². The first kappa shape index (κ1) is 20.7. The van der Waals surface area contributed by atoms with Gasteiger partial charge < -0.3 is 20.9 Å². The largest absolute Gasteiger partial charge is 0.372 e. The van der Waals surface area contributed by atoms with E-state index in [1.807, 2.05) is 7.85 Å². The third-order valence-electron chi connectivity index (χ3n) is 4.65. The molecule has 1 aliphatic heterocycles. The average Bonchev–Trinajstić information content (AvgIpc) is 3.18. The summed E-state index contributed by atoms with van der Waals surface area (Å²) >= 11 is 6.17. The van der Waals surface area contributed by atoms with Gasteiger partial charge in [-0.25, -0.2) is 4.98 Å². The topological polar surface area (TPSA) is 99.3 Å². The Morgan fingerprint density at radius 2 is 2.03 bits per heavy atom. The molecule has 1 aromatic carbocycles. The standard InChI is InChI=1S/C19H22BClN6O2/c1-3-14(28)23-12-6-4-11(5-7-12)18(29)27-9-8-13(10-27)24-19-25-16(20)15(21)17(22-2)26-19/h3-7,13H,1,8-10,20H2,2H3,(H,23,28)(H2,22,24,25,26)/t13-/m1/s1. The van der Waals surface area contributed by atoms with Crippen LogP contribution >= 0.6 is 11.6 Å². The van der Waals surface area contributed by atoms with E-state index in [4.69, 9.17) is 11.6 Å².